The molecule has 1 aromatic carbocycles. The molecule has 3 heteroatoms. The van der Waals surface area contributed by atoms with Gasteiger partial charge in [0, 0.05) is 31.3 Å². The minimum absolute atomic E-state index is 0.939. The Balaban J connectivity index is 1.49. The van der Waals surface area contributed by atoms with Gasteiger partial charge in [-0.15, -0.1) is 0 Å². The van der Waals surface area contributed by atoms with E-state index in [0.717, 1.165) is 31.1 Å². The summed E-state index contributed by atoms with van der Waals surface area (Å²) in [4.78, 5) is 4.76. The summed E-state index contributed by atoms with van der Waals surface area (Å²) in [6.07, 6.45) is 7.40. The second kappa shape index (κ2) is 5.06. The first kappa shape index (κ1) is 12.2. The highest BCUT2D eigenvalue weighted by atomic mass is 15.1. The van der Waals surface area contributed by atoms with E-state index in [0.29, 0.717) is 0 Å². The molecule has 4 rings (SSSR count). The van der Waals surface area contributed by atoms with E-state index in [1.165, 1.54) is 42.8 Å². The van der Waals surface area contributed by atoms with Crippen LogP contribution in [0.15, 0.2) is 30.5 Å². The highest BCUT2D eigenvalue weighted by molar-refractivity contribution is 5.59. The Hall–Kier alpha value is -1.61. The van der Waals surface area contributed by atoms with Gasteiger partial charge in [-0.1, -0.05) is 18.2 Å². The standard InChI is InChI=1S/C17H21N3/c1-3-14(11-18-10-13-6-7-13)9-15(4-1)16-12-20-8-2-5-17(20)19-16/h1,3-4,9,12-13,18H,2,5-8,10-11H2. The van der Waals surface area contributed by atoms with Gasteiger partial charge in [0.1, 0.15) is 5.82 Å². The Bertz CT molecular complexity index is 589. The Morgan fingerprint density at radius 1 is 1.30 bits per heavy atom. The van der Waals surface area contributed by atoms with Crippen LogP contribution >= 0.6 is 0 Å². The van der Waals surface area contributed by atoms with Gasteiger partial charge in [-0.3, -0.25) is 0 Å². The molecular weight excluding hydrogens is 246 g/mol. The average Bonchev–Trinajstić information content (AvgIpc) is 3.03. The van der Waals surface area contributed by atoms with Crippen molar-refractivity contribution >= 4 is 0 Å². The van der Waals surface area contributed by atoms with Crippen LogP contribution in [0.5, 0.6) is 0 Å². The molecule has 20 heavy (non-hydrogen) atoms. The molecule has 1 aliphatic carbocycles. The first-order valence-electron chi connectivity index (χ1n) is 7.74. The predicted octanol–water partition coefficient (Wildman–Crippen LogP) is 3.00. The second-order valence-corrected chi connectivity index (χ2v) is 6.11. The molecule has 1 aliphatic heterocycles. The van der Waals surface area contributed by atoms with E-state index in [1.54, 1.807) is 0 Å². The van der Waals surface area contributed by atoms with Gasteiger partial charge in [-0.2, -0.15) is 0 Å². The Labute approximate surface area is 120 Å². The molecule has 0 bridgehead atoms. The summed E-state index contributed by atoms with van der Waals surface area (Å²) in [5.74, 6) is 2.19. The van der Waals surface area contributed by atoms with Gasteiger partial charge in [0.2, 0.25) is 0 Å². The lowest BCUT2D eigenvalue weighted by molar-refractivity contribution is 0.639. The minimum atomic E-state index is 0.939. The van der Waals surface area contributed by atoms with Crippen LogP contribution in [0.1, 0.15) is 30.7 Å². The van der Waals surface area contributed by atoms with Crippen LogP contribution in [0.4, 0.5) is 0 Å². The number of nitrogens with zero attached hydrogens (tertiary/aromatic N) is 2. The number of hydrogen-bond acceptors (Lipinski definition) is 2. The number of rotatable bonds is 5. The third-order valence-electron chi connectivity index (χ3n) is 4.34. The molecule has 1 fully saturated rings. The molecule has 1 saturated carbocycles. The van der Waals surface area contributed by atoms with Crippen LogP contribution in [0.2, 0.25) is 0 Å². The van der Waals surface area contributed by atoms with Crippen LogP contribution in [-0.2, 0) is 19.5 Å². The number of benzene rings is 1. The molecule has 0 spiro atoms. The summed E-state index contributed by atoms with van der Waals surface area (Å²) in [5, 5.41) is 3.56. The van der Waals surface area contributed by atoms with E-state index in [9.17, 15) is 0 Å². The summed E-state index contributed by atoms with van der Waals surface area (Å²) in [6, 6.07) is 8.79. The maximum Gasteiger partial charge on any atom is 0.109 e. The zero-order chi connectivity index (χ0) is 13.4. The lowest BCUT2D eigenvalue weighted by atomic mass is 10.1. The Kier molecular flexibility index (Phi) is 3.07. The van der Waals surface area contributed by atoms with Gasteiger partial charge in [0.15, 0.2) is 0 Å². The number of aryl methyl sites for hydroxylation is 2. The third-order valence-corrected chi connectivity index (χ3v) is 4.34. The first-order valence-corrected chi connectivity index (χ1v) is 7.74. The van der Waals surface area contributed by atoms with E-state index in [2.05, 4.69) is 40.3 Å². The predicted molar refractivity (Wildman–Crippen MR) is 80.4 cm³/mol. The average molecular weight is 267 g/mol. The molecule has 1 N–H and O–H groups in total. The second-order valence-electron chi connectivity index (χ2n) is 6.11. The van der Waals surface area contributed by atoms with Crippen LogP contribution in [0.25, 0.3) is 11.3 Å². The van der Waals surface area contributed by atoms with Crippen LogP contribution in [0.3, 0.4) is 0 Å². The van der Waals surface area contributed by atoms with Crippen LogP contribution < -0.4 is 5.32 Å². The zero-order valence-electron chi connectivity index (χ0n) is 11.8. The summed E-state index contributed by atoms with van der Waals surface area (Å²) >= 11 is 0. The summed E-state index contributed by atoms with van der Waals surface area (Å²) in [7, 11) is 0. The van der Waals surface area contributed by atoms with Crippen molar-refractivity contribution in [1.29, 1.82) is 0 Å². The molecule has 104 valence electrons. The van der Waals surface area contributed by atoms with Gasteiger partial charge < -0.3 is 9.88 Å². The maximum absolute atomic E-state index is 4.76. The minimum Gasteiger partial charge on any atom is -0.334 e. The quantitative estimate of drug-likeness (QED) is 0.902. The fraction of sp³-hybridized carbons (Fsp3) is 0.471. The molecule has 0 amide bonds. The lowest BCUT2D eigenvalue weighted by Crippen LogP contribution is -2.15. The molecular formula is C17H21N3. The molecule has 0 radical (unpaired) electrons. The topological polar surface area (TPSA) is 29.9 Å². The summed E-state index contributed by atoms with van der Waals surface area (Å²) < 4.78 is 2.30. The Morgan fingerprint density at radius 2 is 2.25 bits per heavy atom. The highest BCUT2D eigenvalue weighted by Gasteiger charge is 2.20. The summed E-state index contributed by atoms with van der Waals surface area (Å²) in [5.41, 5.74) is 3.73. The fourth-order valence-electron chi connectivity index (χ4n) is 2.98. The molecule has 2 heterocycles. The third kappa shape index (κ3) is 2.50. The van der Waals surface area contributed by atoms with Crippen LogP contribution in [-0.4, -0.2) is 16.1 Å². The van der Waals surface area contributed by atoms with Crippen molar-refractivity contribution in [2.45, 2.75) is 38.8 Å². The first-order chi connectivity index (χ1) is 9.88. The van der Waals surface area contributed by atoms with E-state index in [4.69, 9.17) is 4.98 Å². The zero-order valence-corrected chi connectivity index (χ0v) is 11.8. The van der Waals surface area contributed by atoms with Crippen molar-refractivity contribution in [2.24, 2.45) is 5.92 Å². The van der Waals surface area contributed by atoms with Gasteiger partial charge in [0.25, 0.3) is 0 Å². The molecule has 2 aromatic rings. The van der Waals surface area contributed by atoms with Gasteiger partial charge >= 0.3 is 0 Å². The van der Waals surface area contributed by atoms with Gasteiger partial charge in [-0.25, -0.2) is 4.98 Å². The smallest absolute Gasteiger partial charge is 0.109 e. The van der Waals surface area contributed by atoms with E-state index in [-0.39, 0.29) is 0 Å². The van der Waals surface area contributed by atoms with E-state index >= 15 is 0 Å². The fourth-order valence-corrected chi connectivity index (χ4v) is 2.98. The lowest BCUT2D eigenvalue weighted by Gasteiger charge is -2.05. The maximum atomic E-state index is 4.76. The SMILES string of the molecule is c1cc(CNCC2CC2)cc(-c2cn3c(n2)CCC3)c1. The molecule has 0 atom stereocenters. The van der Waals surface area contributed by atoms with Crippen molar-refractivity contribution in [1.82, 2.24) is 14.9 Å². The van der Waals surface area contributed by atoms with E-state index in [1.807, 2.05) is 0 Å². The van der Waals surface area contributed by atoms with E-state index < -0.39 is 0 Å². The van der Waals surface area contributed by atoms with Crippen molar-refractivity contribution in [3.63, 3.8) is 0 Å². The summed E-state index contributed by atoms with van der Waals surface area (Å²) in [6.45, 7) is 3.27. The number of imidazole rings is 1. The monoisotopic (exact) mass is 267 g/mol. The van der Waals surface area contributed by atoms with Gasteiger partial charge in [-0.05, 0) is 43.4 Å². The largest absolute Gasteiger partial charge is 0.334 e. The van der Waals surface area contributed by atoms with Crippen LogP contribution in [0, 0.1) is 5.92 Å². The van der Waals surface area contributed by atoms with Crippen molar-refractivity contribution in [2.75, 3.05) is 6.54 Å². The van der Waals surface area contributed by atoms with Crippen molar-refractivity contribution in [3.8, 4) is 11.3 Å². The van der Waals surface area contributed by atoms with Gasteiger partial charge in [0.05, 0.1) is 5.69 Å². The molecule has 0 unspecified atom stereocenters. The Morgan fingerprint density at radius 3 is 3.10 bits per heavy atom. The molecule has 3 nitrogen and oxygen atoms in total. The molecule has 1 aromatic heterocycles. The number of nitrogens with one attached hydrogen (secondary N) is 1. The molecule has 2 aliphatic rings. The highest BCUT2D eigenvalue weighted by Crippen LogP contribution is 2.28. The number of fused-ring (bicyclic) bond motifs is 1. The van der Waals surface area contributed by atoms with Crippen molar-refractivity contribution < 1.29 is 0 Å². The number of hydrogen-bond donors (Lipinski definition) is 1. The normalized spacial score (nSPS) is 17.4. The number of aromatic nitrogens is 2. The van der Waals surface area contributed by atoms with Crippen molar-refractivity contribution in [3.05, 3.63) is 41.9 Å². The molecule has 0 saturated heterocycles.